The molecule has 98 valence electrons. The van der Waals surface area contributed by atoms with Crippen molar-refractivity contribution in [2.45, 2.75) is 6.04 Å². The summed E-state index contributed by atoms with van der Waals surface area (Å²) in [5.74, 6) is 0.592. The van der Waals surface area contributed by atoms with E-state index in [2.05, 4.69) is 32.8 Å². The first-order chi connectivity index (χ1) is 8.72. The Morgan fingerprint density at radius 2 is 1.89 bits per heavy atom. The molecule has 2 aliphatic heterocycles. The average Bonchev–Trinajstić information content (AvgIpc) is 2.36. The summed E-state index contributed by atoms with van der Waals surface area (Å²) in [7, 11) is 2.19. The summed E-state index contributed by atoms with van der Waals surface area (Å²) in [5, 5.41) is 0. The van der Waals surface area contributed by atoms with Crippen LogP contribution in [-0.4, -0.2) is 67.1 Å². The third-order valence-electron chi connectivity index (χ3n) is 4.01. The second-order valence-electron chi connectivity index (χ2n) is 5.34. The van der Waals surface area contributed by atoms with E-state index in [9.17, 15) is 0 Å². The third-order valence-corrected chi connectivity index (χ3v) is 4.01. The van der Waals surface area contributed by atoms with Crippen LogP contribution >= 0.6 is 0 Å². The summed E-state index contributed by atoms with van der Waals surface area (Å²) in [6, 6.07) is 4.72. The Kier molecular flexibility index (Phi) is 3.09. The highest BCUT2D eigenvalue weighted by Crippen LogP contribution is 2.19. The first kappa shape index (κ1) is 11.7. The van der Waals surface area contributed by atoms with E-state index < -0.39 is 0 Å². The highest BCUT2D eigenvalue weighted by molar-refractivity contribution is 5.48. The number of aromatic nitrogens is 1. The molecule has 0 spiro atoms. The van der Waals surface area contributed by atoms with Crippen LogP contribution < -0.4 is 10.6 Å². The van der Waals surface area contributed by atoms with Gasteiger partial charge in [0.15, 0.2) is 0 Å². The predicted molar refractivity (Wildman–Crippen MR) is 73.7 cm³/mol. The molecule has 0 saturated carbocycles. The zero-order valence-electron chi connectivity index (χ0n) is 10.9. The molecule has 1 aromatic rings. The molecule has 3 rings (SSSR count). The van der Waals surface area contributed by atoms with Gasteiger partial charge in [0.1, 0.15) is 5.82 Å². The van der Waals surface area contributed by atoms with Crippen molar-refractivity contribution in [3.8, 4) is 0 Å². The van der Waals surface area contributed by atoms with Crippen LogP contribution in [0.1, 0.15) is 0 Å². The Morgan fingerprint density at radius 1 is 1.17 bits per heavy atom. The van der Waals surface area contributed by atoms with Crippen LogP contribution in [0, 0.1) is 0 Å². The number of hydrogen-bond donors (Lipinski definition) is 1. The molecular formula is C13H21N5. The number of likely N-dealkylation sites (tertiary alicyclic amines) is 1. The van der Waals surface area contributed by atoms with Crippen LogP contribution in [0.15, 0.2) is 18.3 Å². The zero-order valence-corrected chi connectivity index (χ0v) is 10.9. The monoisotopic (exact) mass is 247 g/mol. The first-order valence-electron chi connectivity index (χ1n) is 6.61. The van der Waals surface area contributed by atoms with Gasteiger partial charge in [-0.3, -0.25) is 4.90 Å². The molecule has 0 aromatic carbocycles. The maximum absolute atomic E-state index is 5.61. The van der Waals surface area contributed by atoms with Crippen molar-refractivity contribution in [1.82, 2.24) is 14.8 Å². The number of pyridine rings is 1. The Balaban J connectivity index is 1.55. The van der Waals surface area contributed by atoms with Crippen LogP contribution in [0.4, 0.5) is 11.5 Å². The highest BCUT2D eigenvalue weighted by atomic mass is 15.3. The van der Waals surface area contributed by atoms with E-state index in [1.807, 2.05) is 12.3 Å². The molecule has 18 heavy (non-hydrogen) atoms. The third kappa shape index (κ3) is 2.28. The van der Waals surface area contributed by atoms with Gasteiger partial charge in [0.25, 0.3) is 0 Å². The van der Waals surface area contributed by atoms with E-state index in [4.69, 9.17) is 5.73 Å². The minimum Gasteiger partial charge on any atom is -0.384 e. The summed E-state index contributed by atoms with van der Waals surface area (Å²) in [6.45, 7) is 6.94. The fourth-order valence-corrected chi connectivity index (χ4v) is 2.83. The molecule has 2 saturated heterocycles. The topological polar surface area (TPSA) is 48.6 Å². The second-order valence-corrected chi connectivity index (χ2v) is 5.34. The van der Waals surface area contributed by atoms with Gasteiger partial charge in [0.05, 0.1) is 11.9 Å². The molecule has 0 bridgehead atoms. The van der Waals surface area contributed by atoms with Gasteiger partial charge in [0, 0.05) is 45.3 Å². The molecule has 0 radical (unpaired) electrons. The summed E-state index contributed by atoms with van der Waals surface area (Å²) in [4.78, 5) is 11.5. The van der Waals surface area contributed by atoms with Gasteiger partial charge in [-0.15, -0.1) is 0 Å². The van der Waals surface area contributed by atoms with Crippen LogP contribution in [-0.2, 0) is 0 Å². The molecule has 2 aliphatic rings. The smallest absolute Gasteiger partial charge is 0.123 e. The minimum atomic E-state index is 0.592. The van der Waals surface area contributed by atoms with Crippen LogP contribution in [0.3, 0.4) is 0 Å². The van der Waals surface area contributed by atoms with Gasteiger partial charge < -0.3 is 15.5 Å². The number of hydrogen-bond acceptors (Lipinski definition) is 5. The number of rotatable bonds is 2. The number of nitrogens with two attached hydrogens (primary N) is 1. The lowest BCUT2D eigenvalue weighted by molar-refractivity contribution is 0.0488. The number of anilines is 2. The van der Waals surface area contributed by atoms with Crippen molar-refractivity contribution in [3.63, 3.8) is 0 Å². The van der Waals surface area contributed by atoms with E-state index in [1.165, 1.54) is 18.8 Å². The molecule has 0 atom stereocenters. The van der Waals surface area contributed by atoms with Crippen molar-refractivity contribution in [2.24, 2.45) is 0 Å². The summed E-state index contributed by atoms with van der Waals surface area (Å²) in [5.41, 5.74) is 6.80. The van der Waals surface area contributed by atoms with Crippen molar-refractivity contribution in [1.29, 1.82) is 0 Å². The molecule has 2 N–H and O–H groups in total. The van der Waals surface area contributed by atoms with Crippen molar-refractivity contribution in [3.05, 3.63) is 18.3 Å². The van der Waals surface area contributed by atoms with Crippen LogP contribution in [0.5, 0.6) is 0 Å². The molecule has 0 amide bonds. The number of nitrogens with zero attached hydrogens (tertiary/aromatic N) is 4. The van der Waals surface area contributed by atoms with Crippen molar-refractivity contribution >= 4 is 11.5 Å². The largest absolute Gasteiger partial charge is 0.384 e. The van der Waals surface area contributed by atoms with Gasteiger partial charge in [-0.1, -0.05) is 0 Å². The molecular weight excluding hydrogens is 226 g/mol. The average molecular weight is 247 g/mol. The van der Waals surface area contributed by atoms with E-state index in [0.717, 1.165) is 32.2 Å². The maximum atomic E-state index is 5.61. The Hall–Kier alpha value is -1.33. The number of likely N-dealkylation sites (N-methyl/N-ethyl adjacent to an activating group) is 1. The van der Waals surface area contributed by atoms with E-state index in [-0.39, 0.29) is 0 Å². The fourth-order valence-electron chi connectivity index (χ4n) is 2.83. The second kappa shape index (κ2) is 4.74. The normalized spacial score (nSPS) is 23.1. The van der Waals surface area contributed by atoms with Gasteiger partial charge in [-0.05, 0) is 19.2 Å². The maximum Gasteiger partial charge on any atom is 0.123 e. The molecule has 5 nitrogen and oxygen atoms in total. The van der Waals surface area contributed by atoms with E-state index >= 15 is 0 Å². The first-order valence-corrected chi connectivity index (χ1v) is 6.61. The standard InChI is InChI=1S/C13H21N5/c1-16-9-12(10-16)18-6-4-17(5-7-18)11-2-3-13(14)15-8-11/h2-3,8,12H,4-7,9-10H2,1H3,(H2,14,15). The lowest BCUT2D eigenvalue weighted by Gasteiger charge is -2.47. The van der Waals surface area contributed by atoms with Gasteiger partial charge in [0.2, 0.25) is 0 Å². The van der Waals surface area contributed by atoms with Gasteiger partial charge in [-0.2, -0.15) is 0 Å². The molecule has 0 unspecified atom stereocenters. The van der Waals surface area contributed by atoms with Gasteiger partial charge in [-0.25, -0.2) is 4.98 Å². The number of piperazine rings is 1. The fraction of sp³-hybridized carbons (Fsp3) is 0.615. The highest BCUT2D eigenvalue weighted by Gasteiger charge is 2.31. The lowest BCUT2D eigenvalue weighted by Crippen LogP contribution is -2.61. The molecule has 2 fully saturated rings. The SMILES string of the molecule is CN1CC(N2CCN(c3ccc(N)nc3)CC2)C1. The molecule has 0 aliphatic carbocycles. The summed E-state index contributed by atoms with van der Waals surface area (Å²) >= 11 is 0. The molecule has 3 heterocycles. The lowest BCUT2D eigenvalue weighted by atomic mass is 10.1. The quantitative estimate of drug-likeness (QED) is 0.803. The van der Waals surface area contributed by atoms with Crippen LogP contribution in [0.25, 0.3) is 0 Å². The van der Waals surface area contributed by atoms with E-state index in [0.29, 0.717) is 5.82 Å². The van der Waals surface area contributed by atoms with Gasteiger partial charge >= 0.3 is 0 Å². The summed E-state index contributed by atoms with van der Waals surface area (Å²) < 4.78 is 0. The number of nitrogen functional groups attached to an aromatic ring is 1. The van der Waals surface area contributed by atoms with E-state index in [1.54, 1.807) is 0 Å². The Labute approximate surface area is 108 Å². The zero-order chi connectivity index (χ0) is 12.5. The minimum absolute atomic E-state index is 0.592. The van der Waals surface area contributed by atoms with Crippen molar-refractivity contribution < 1.29 is 0 Å². The summed E-state index contributed by atoms with van der Waals surface area (Å²) in [6.07, 6.45) is 1.88. The van der Waals surface area contributed by atoms with Crippen molar-refractivity contribution in [2.75, 3.05) is 56.9 Å². The molecule has 5 heteroatoms. The Bertz CT molecular complexity index is 390. The van der Waals surface area contributed by atoms with Crippen LogP contribution in [0.2, 0.25) is 0 Å². The molecule has 1 aromatic heterocycles. The Morgan fingerprint density at radius 3 is 2.44 bits per heavy atom. The predicted octanol–water partition coefficient (Wildman–Crippen LogP) is 0.0998.